The summed E-state index contributed by atoms with van der Waals surface area (Å²) in [6, 6.07) is 17.1. The lowest BCUT2D eigenvalue weighted by atomic mass is 10.0. The van der Waals surface area contributed by atoms with Crippen LogP contribution in [0.25, 0.3) is 16.8 Å². The largest absolute Gasteiger partial charge is 0.502 e. The molecule has 0 radical (unpaired) electrons. The van der Waals surface area contributed by atoms with E-state index in [4.69, 9.17) is 9.47 Å². The molecule has 0 N–H and O–H groups in total. The lowest BCUT2D eigenvalue weighted by Crippen LogP contribution is -2.21. The average molecular weight is 394 g/mol. The van der Waals surface area contributed by atoms with Gasteiger partial charge < -0.3 is 9.47 Å². The van der Waals surface area contributed by atoms with Crippen molar-refractivity contribution in [2.45, 2.75) is 0 Å². The Morgan fingerprint density at radius 2 is 1.68 bits per heavy atom. The Hall–Kier alpha value is -3.45. The van der Waals surface area contributed by atoms with Gasteiger partial charge in [-0.1, -0.05) is 42.5 Å². The molecule has 3 rings (SSSR count). The molecule has 1 heterocycles. The van der Waals surface area contributed by atoms with Crippen LogP contribution < -0.4 is 4.80 Å². The van der Waals surface area contributed by atoms with E-state index < -0.39 is 11.9 Å². The zero-order chi connectivity index (χ0) is 19.9. The van der Waals surface area contributed by atoms with Gasteiger partial charge in [0.25, 0.3) is 5.91 Å². The van der Waals surface area contributed by atoms with Crippen molar-refractivity contribution in [2.75, 3.05) is 14.2 Å². The minimum atomic E-state index is -0.596. The number of hydrogen-bond acceptors (Lipinski definition) is 5. The number of amides is 1. The van der Waals surface area contributed by atoms with E-state index >= 15 is 0 Å². The van der Waals surface area contributed by atoms with E-state index in [0.717, 1.165) is 11.1 Å². The van der Waals surface area contributed by atoms with Gasteiger partial charge in [-0.05, 0) is 23.3 Å². The molecule has 0 aliphatic carbocycles. The van der Waals surface area contributed by atoms with Crippen LogP contribution in [-0.2, 0) is 14.3 Å². The summed E-state index contributed by atoms with van der Waals surface area (Å²) in [4.78, 5) is 29.0. The number of hydrogen-bond donors (Lipinski definition) is 0. The molecule has 0 fully saturated rings. The summed E-state index contributed by atoms with van der Waals surface area (Å²) in [5.74, 6) is -1.00. The minimum absolute atomic E-state index is 0.122. The number of carbonyl (C=O) groups excluding carboxylic acids is 2. The Kier molecular flexibility index (Phi) is 6.18. The van der Waals surface area contributed by atoms with Crippen LogP contribution >= 0.6 is 11.3 Å². The number of esters is 1. The highest BCUT2D eigenvalue weighted by atomic mass is 32.1. The quantitative estimate of drug-likeness (QED) is 0.377. The molecule has 0 saturated heterocycles. The maximum absolute atomic E-state index is 12.6. The number of thiazole rings is 1. The molecule has 0 bridgehead atoms. The lowest BCUT2D eigenvalue weighted by Gasteiger charge is -2.06. The zero-order valence-electron chi connectivity index (χ0n) is 15.4. The van der Waals surface area contributed by atoms with Crippen LogP contribution in [0.5, 0.6) is 0 Å². The number of ether oxygens (including phenoxy) is 2. The Balaban J connectivity index is 1.91. The molecule has 142 valence electrons. The fourth-order valence-corrected chi connectivity index (χ4v) is 3.26. The number of carbonyl (C=O) groups is 2. The molecule has 28 heavy (non-hydrogen) atoms. The Morgan fingerprint density at radius 3 is 2.32 bits per heavy atom. The molecule has 0 saturated carbocycles. The van der Waals surface area contributed by atoms with Crippen molar-refractivity contribution in [1.29, 1.82) is 0 Å². The van der Waals surface area contributed by atoms with Crippen LogP contribution in [0.2, 0.25) is 0 Å². The predicted molar refractivity (Wildman–Crippen MR) is 107 cm³/mol. The van der Waals surface area contributed by atoms with Gasteiger partial charge >= 0.3 is 5.97 Å². The third-order valence-corrected chi connectivity index (χ3v) is 4.67. The molecule has 3 aromatic rings. The first kappa shape index (κ1) is 19.3. The molecule has 0 unspecified atom stereocenters. The molecular formula is C21H18N2O4S. The molecule has 0 aliphatic heterocycles. The standard InChI is InChI=1S/C21H18N2O4S/c1-26-14-18(20(25)27-2)23-12-13-28-21(23)22-19(24)17-10-8-16(9-11-17)15-6-4-3-5-7-15/h3-14H,1-2H3/b18-14-,22-21?. The molecule has 0 atom stereocenters. The van der Waals surface area contributed by atoms with Crippen LogP contribution in [0.4, 0.5) is 0 Å². The van der Waals surface area contributed by atoms with Crippen molar-refractivity contribution in [1.82, 2.24) is 4.57 Å². The summed E-state index contributed by atoms with van der Waals surface area (Å²) in [5.41, 5.74) is 2.66. The number of nitrogens with zero attached hydrogens (tertiary/aromatic N) is 2. The van der Waals surface area contributed by atoms with Gasteiger partial charge in [0.15, 0.2) is 10.5 Å². The molecule has 1 aromatic heterocycles. The monoisotopic (exact) mass is 394 g/mol. The molecule has 0 aliphatic rings. The maximum atomic E-state index is 12.6. The van der Waals surface area contributed by atoms with E-state index in [2.05, 4.69) is 4.99 Å². The number of methoxy groups -OCH3 is 2. The van der Waals surface area contributed by atoms with Gasteiger partial charge in [-0.15, -0.1) is 11.3 Å². The average Bonchev–Trinajstić information content (AvgIpc) is 3.19. The van der Waals surface area contributed by atoms with Crippen LogP contribution in [0.3, 0.4) is 0 Å². The van der Waals surface area contributed by atoms with E-state index in [0.29, 0.717) is 10.4 Å². The van der Waals surface area contributed by atoms with Gasteiger partial charge in [-0.25, -0.2) is 4.79 Å². The molecule has 2 aromatic carbocycles. The van der Waals surface area contributed by atoms with Crippen LogP contribution in [0, 0.1) is 0 Å². The molecule has 0 spiro atoms. The lowest BCUT2D eigenvalue weighted by molar-refractivity contribution is -0.134. The summed E-state index contributed by atoms with van der Waals surface area (Å²) in [6.07, 6.45) is 2.87. The molecular weight excluding hydrogens is 376 g/mol. The summed E-state index contributed by atoms with van der Waals surface area (Å²) in [6.45, 7) is 0. The maximum Gasteiger partial charge on any atom is 0.358 e. The van der Waals surface area contributed by atoms with Crippen LogP contribution in [0.15, 0.2) is 77.4 Å². The second-order valence-corrected chi connectivity index (χ2v) is 6.52. The second kappa shape index (κ2) is 8.96. The van der Waals surface area contributed by atoms with Crippen molar-refractivity contribution in [3.8, 4) is 11.1 Å². The molecule has 7 heteroatoms. The molecule has 1 amide bonds. The topological polar surface area (TPSA) is 69.9 Å². The highest BCUT2D eigenvalue weighted by Crippen LogP contribution is 2.19. The Bertz CT molecular complexity index is 1060. The third kappa shape index (κ3) is 4.27. The first-order valence-corrected chi connectivity index (χ1v) is 9.24. The highest BCUT2D eigenvalue weighted by Gasteiger charge is 2.15. The third-order valence-electron chi connectivity index (χ3n) is 3.91. The van der Waals surface area contributed by atoms with Crippen molar-refractivity contribution in [3.63, 3.8) is 0 Å². The van der Waals surface area contributed by atoms with Gasteiger partial charge in [0.1, 0.15) is 6.26 Å². The van der Waals surface area contributed by atoms with Crippen molar-refractivity contribution >= 4 is 28.9 Å². The normalized spacial score (nSPS) is 11.9. The van der Waals surface area contributed by atoms with E-state index in [1.54, 1.807) is 23.7 Å². The van der Waals surface area contributed by atoms with Gasteiger partial charge in [0.05, 0.1) is 14.2 Å². The van der Waals surface area contributed by atoms with Crippen molar-refractivity contribution < 1.29 is 19.1 Å². The van der Waals surface area contributed by atoms with Crippen LogP contribution in [0.1, 0.15) is 10.4 Å². The summed E-state index contributed by atoms with van der Waals surface area (Å²) >= 11 is 1.23. The first-order valence-electron chi connectivity index (χ1n) is 8.36. The predicted octanol–water partition coefficient (Wildman–Crippen LogP) is 3.58. The fourth-order valence-electron chi connectivity index (χ4n) is 2.54. The van der Waals surface area contributed by atoms with E-state index in [-0.39, 0.29) is 5.70 Å². The second-order valence-electron chi connectivity index (χ2n) is 5.65. The van der Waals surface area contributed by atoms with Crippen molar-refractivity contribution in [3.05, 3.63) is 82.8 Å². The van der Waals surface area contributed by atoms with E-state index in [1.807, 2.05) is 42.5 Å². The Morgan fingerprint density at radius 1 is 1.00 bits per heavy atom. The van der Waals surface area contributed by atoms with Gasteiger partial charge in [0, 0.05) is 17.1 Å². The number of aromatic nitrogens is 1. The zero-order valence-corrected chi connectivity index (χ0v) is 16.2. The minimum Gasteiger partial charge on any atom is -0.502 e. The van der Waals surface area contributed by atoms with E-state index in [1.165, 1.54) is 36.4 Å². The fraction of sp³-hybridized carbons (Fsp3) is 0.0952. The SMILES string of the molecule is CO/C=C(/C(=O)OC)n1ccsc1=NC(=O)c1ccc(-c2ccccc2)cc1. The van der Waals surface area contributed by atoms with Gasteiger partial charge in [0.2, 0.25) is 0 Å². The highest BCUT2D eigenvalue weighted by molar-refractivity contribution is 7.07. The van der Waals surface area contributed by atoms with Crippen LogP contribution in [-0.4, -0.2) is 30.7 Å². The number of benzene rings is 2. The number of rotatable bonds is 5. The Labute approximate surface area is 166 Å². The van der Waals surface area contributed by atoms with Gasteiger partial charge in [-0.3, -0.25) is 9.36 Å². The van der Waals surface area contributed by atoms with Gasteiger partial charge in [-0.2, -0.15) is 4.99 Å². The first-order chi connectivity index (χ1) is 13.6. The van der Waals surface area contributed by atoms with E-state index in [9.17, 15) is 9.59 Å². The summed E-state index contributed by atoms with van der Waals surface area (Å²) < 4.78 is 11.2. The summed E-state index contributed by atoms with van der Waals surface area (Å²) in [5, 5.41) is 1.72. The molecule has 6 nitrogen and oxygen atoms in total. The smallest absolute Gasteiger partial charge is 0.358 e. The van der Waals surface area contributed by atoms with Crippen molar-refractivity contribution in [2.24, 2.45) is 4.99 Å². The summed E-state index contributed by atoms with van der Waals surface area (Å²) in [7, 11) is 2.70.